The fourth-order valence-corrected chi connectivity index (χ4v) is 4.58. The molecule has 3 rings (SSSR count). The van der Waals surface area contributed by atoms with Crippen molar-refractivity contribution in [3.63, 3.8) is 0 Å². The van der Waals surface area contributed by atoms with Gasteiger partial charge in [-0.25, -0.2) is 4.79 Å². The molecule has 152 valence electrons. The third-order valence-corrected chi connectivity index (χ3v) is 6.67. The average Bonchev–Trinajstić information content (AvgIpc) is 2.64. The number of aryl methyl sites for hydroxylation is 1. The zero-order valence-corrected chi connectivity index (χ0v) is 19.2. The number of halogens is 1. The van der Waals surface area contributed by atoms with E-state index >= 15 is 0 Å². The van der Waals surface area contributed by atoms with Crippen LogP contribution in [0.5, 0.6) is 0 Å². The fourth-order valence-electron chi connectivity index (χ4n) is 4.09. The summed E-state index contributed by atoms with van der Waals surface area (Å²) in [7, 11) is 0. The van der Waals surface area contributed by atoms with Gasteiger partial charge in [-0.05, 0) is 65.6 Å². The maximum absolute atomic E-state index is 12.7. The highest BCUT2D eigenvalue weighted by Crippen LogP contribution is 2.45. The van der Waals surface area contributed by atoms with Crippen LogP contribution >= 0.6 is 15.9 Å². The van der Waals surface area contributed by atoms with E-state index in [4.69, 9.17) is 0 Å². The van der Waals surface area contributed by atoms with E-state index in [1.807, 2.05) is 39.0 Å². The zero-order chi connectivity index (χ0) is 21.6. The summed E-state index contributed by atoms with van der Waals surface area (Å²) in [4.78, 5) is 24.0. The smallest absolute Gasteiger partial charge is 0.335 e. The number of carboxylic acids is 1. The molecule has 4 heteroatoms. The second-order valence-corrected chi connectivity index (χ2v) is 9.61. The van der Waals surface area contributed by atoms with Crippen molar-refractivity contribution in [2.24, 2.45) is 0 Å². The van der Waals surface area contributed by atoms with Crippen LogP contribution in [0.2, 0.25) is 0 Å². The lowest BCUT2D eigenvalue weighted by Crippen LogP contribution is -2.42. The average molecular weight is 455 g/mol. The number of fused-ring (bicyclic) bond motifs is 1. The molecule has 1 aliphatic rings. The van der Waals surface area contributed by atoms with Gasteiger partial charge < -0.3 is 5.11 Å². The summed E-state index contributed by atoms with van der Waals surface area (Å²) < 4.78 is 0. The van der Waals surface area contributed by atoms with Gasteiger partial charge in [-0.15, -0.1) is 0 Å². The quantitative estimate of drug-likeness (QED) is 0.436. The number of Topliss-reactive ketones (excluding diaryl/α,β-unsaturated/α-hetero) is 1. The fraction of sp³-hybridized carbons (Fsp3) is 0.360. The van der Waals surface area contributed by atoms with Crippen molar-refractivity contribution in [1.29, 1.82) is 0 Å². The zero-order valence-electron chi connectivity index (χ0n) is 17.6. The lowest BCUT2D eigenvalue weighted by Gasteiger charge is -2.41. The second-order valence-electron chi connectivity index (χ2n) is 9.05. The number of alkyl halides is 1. The molecule has 0 aliphatic heterocycles. The molecule has 1 aliphatic carbocycles. The van der Waals surface area contributed by atoms with E-state index in [-0.39, 0.29) is 11.2 Å². The predicted octanol–water partition coefficient (Wildman–Crippen LogP) is 6.29. The Bertz CT molecular complexity index is 1030. The number of carbonyl (C=O) groups excluding carboxylic acids is 1. The van der Waals surface area contributed by atoms with Crippen molar-refractivity contribution in [1.82, 2.24) is 0 Å². The minimum absolute atomic E-state index is 0.199. The van der Waals surface area contributed by atoms with E-state index in [9.17, 15) is 14.7 Å². The monoisotopic (exact) mass is 454 g/mol. The number of hydrogen-bond donors (Lipinski definition) is 1. The Hall–Kier alpha value is -2.20. The van der Waals surface area contributed by atoms with E-state index in [1.54, 1.807) is 6.07 Å². The molecule has 29 heavy (non-hydrogen) atoms. The first-order chi connectivity index (χ1) is 13.5. The number of ketones is 1. The summed E-state index contributed by atoms with van der Waals surface area (Å²) in [6.45, 7) is 10.1. The predicted molar refractivity (Wildman–Crippen MR) is 122 cm³/mol. The van der Waals surface area contributed by atoms with E-state index < -0.39 is 11.4 Å². The van der Waals surface area contributed by atoms with Gasteiger partial charge in [-0.2, -0.15) is 0 Å². The molecule has 0 fully saturated rings. The summed E-state index contributed by atoms with van der Waals surface area (Å²) in [5.41, 5.74) is 5.94. The van der Waals surface area contributed by atoms with Crippen LogP contribution < -0.4 is 0 Å². The lowest BCUT2D eigenvalue weighted by molar-refractivity contribution is -0.125. The van der Waals surface area contributed by atoms with E-state index in [0.717, 1.165) is 27.8 Å². The molecule has 1 N–H and O–H groups in total. The Kier molecular flexibility index (Phi) is 5.61. The highest BCUT2D eigenvalue weighted by atomic mass is 79.9. The highest BCUT2D eigenvalue weighted by molar-refractivity contribution is 9.08. The van der Waals surface area contributed by atoms with Crippen molar-refractivity contribution in [3.8, 4) is 0 Å². The third kappa shape index (κ3) is 3.95. The lowest BCUT2D eigenvalue weighted by atomic mass is 9.62. The topological polar surface area (TPSA) is 54.4 Å². The van der Waals surface area contributed by atoms with Gasteiger partial charge in [-0.3, -0.25) is 4.79 Å². The normalized spacial score (nSPS) is 17.4. The van der Waals surface area contributed by atoms with Gasteiger partial charge in [0.25, 0.3) is 0 Å². The highest BCUT2D eigenvalue weighted by Gasteiger charge is 2.43. The number of carboxylic acid groups (broad SMARTS) is 1. The minimum atomic E-state index is -0.909. The standard InChI is InChI=1S/C25H27BrO3/c1-15-10-16(7-9-19(15)23(28)29)6-8-17-11-20-21(12-18(17)14-26)25(4,5)22(27)13-24(20,2)3/h6-12H,13-14H2,1-5H3,(H,28,29). The molecule has 0 amide bonds. The first-order valence-electron chi connectivity index (χ1n) is 9.76. The van der Waals surface area contributed by atoms with Gasteiger partial charge in [-0.1, -0.05) is 66.2 Å². The summed E-state index contributed by atoms with van der Waals surface area (Å²) >= 11 is 3.60. The molecule has 0 unspecified atom stereocenters. The first kappa shape index (κ1) is 21.5. The van der Waals surface area contributed by atoms with Crippen LogP contribution in [-0.4, -0.2) is 16.9 Å². The van der Waals surface area contributed by atoms with Crippen LogP contribution in [0.3, 0.4) is 0 Å². The van der Waals surface area contributed by atoms with Crippen LogP contribution in [-0.2, 0) is 21.0 Å². The van der Waals surface area contributed by atoms with Gasteiger partial charge >= 0.3 is 5.97 Å². The van der Waals surface area contributed by atoms with Crippen molar-refractivity contribution >= 4 is 39.8 Å². The van der Waals surface area contributed by atoms with E-state index in [0.29, 0.717) is 17.3 Å². The molecule has 2 aromatic rings. The molecule has 0 aromatic heterocycles. The summed E-state index contributed by atoms with van der Waals surface area (Å²) in [6, 6.07) is 9.74. The van der Waals surface area contributed by atoms with Gasteiger partial charge in [0, 0.05) is 17.2 Å². The van der Waals surface area contributed by atoms with Crippen molar-refractivity contribution in [3.05, 3.63) is 69.3 Å². The summed E-state index contributed by atoms with van der Waals surface area (Å²) in [5, 5.41) is 9.90. The first-order valence-corrected chi connectivity index (χ1v) is 10.9. The molecule has 0 saturated carbocycles. The van der Waals surface area contributed by atoms with Crippen LogP contribution in [0.15, 0.2) is 30.3 Å². The summed E-state index contributed by atoms with van der Waals surface area (Å²) in [5.74, 6) is -0.624. The molecular formula is C25H27BrO3. The Morgan fingerprint density at radius 2 is 1.79 bits per heavy atom. The van der Waals surface area contributed by atoms with Gasteiger partial charge in [0.15, 0.2) is 0 Å². The van der Waals surface area contributed by atoms with Crippen molar-refractivity contribution in [2.75, 3.05) is 0 Å². The SMILES string of the molecule is Cc1cc(C=Cc2cc3c(cc2CBr)C(C)(C)C(=O)CC3(C)C)ccc1C(=O)O. The van der Waals surface area contributed by atoms with E-state index in [2.05, 4.69) is 48.0 Å². The molecule has 0 bridgehead atoms. The maximum atomic E-state index is 12.7. The van der Waals surface area contributed by atoms with E-state index in [1.165, 1.54) is 5.56 Å². The van der Waals surface area contributed by atoms with Crippen LogP contribution in [0.4, 0.5) is 0 Å². The Balaban J connectivity index is 2.07. The Morgan fingerprint density at radius 1 is 1.10 bits per heavy atom. The molecule has 0 radical (unpaired) electrons. The number of rotatable bonds is 4. The minimum Gasteiger partial charge on any atom is -0.478 e. The van der Waals surface area contributed by atoms with Gasteiger partial charge in [0.2, 0.25) is 0 Å². The van der Waals surface area contributed by atoms with Crippen LogP contribution in [0, 0.1) is 6.92 Å². The molecular weight excluding hydrogens is 428 g/mol. The molecule has 0 spiro atoms. The van der Waals surface area contributed by atoms with Crippen LogP contribution in [0.25, 0.3) is 12.2 Å². The molecule has 2 aromatic carbocycles. The molecule has 0 saturated heterocycles. The number of benzene rings is 2. The Morgan fingerprint density at radius 3 is 2.38 bits per heavy atom. The largest absolute Gasteiger partial charge is 0.478 e. The van der Waals surface area contributed by atoms with Crippen LogP contribution in [0.1, 0.15) is 77.9 Å². The Labute approximate surface area is 181 Å². The number of aromatic carboxylic acids is 1. The van der Waals surface area contributed by atoms with Crippen molar-refractivity contribution in [2.45, 2.75) is 57.2 Å². The molecule has 3 nitrogen and oxygen atoms in total. The molecule has 0 atom stereocenters. The number of hydrogen-bond acceptors (Lipinski definition) is 2. The van der Waals surface area contributed by atoms with Gasteiger partial charge in [0.05, 0.1) is 5.56 Å². The summed E-state index contributed by atoms with van der Waals surface area (Å²) in [6.07, 6.45) is 4.63. The second kappa shape index (κ2) is 7.56. The third-order valence-electron chi connectivity index (χ3n) is 6.06. The molecule has 0 heterocycles. The maximum Gasteiger partial charge on any atom is 0.335 e. The number of carbonyl (C=O) groups is 2. The van der Waals surface area contributed by atoms with Gasteiger partial charge in [0.1, 0.15) is 5.78 Å². The van der Waals surface area contributed by atoms with Crippen molar-refractivity contribution < 1.29 is 14.7 Å².